The fourth-order valence-electron chi connectivity index (χ4n) is 3.18. The summed E-state index contributed by atoms with van der Waals surface area (Å²) in [4.78, 5) is 29.5. The minimum Gasteiger partial charge on any atom is -0.367 e. The summed E-state index contributed by atoms with van der Waals surface area (Å²) in [5.41, 5.74) is -0.186. The van der Waals surface area contributed by atoms with Crippen LogP contribution in [0.15, 0.2) is 24.3 Å². The summed E-state index contributed by atoms with van der Waals surface area (Å²) >= 11 is 0. The van der Waals surface area contributed by atoms with Gasteiger partial charge < -0.3 is 10.2 Å². The Morgan fingerprint density at radius 2 is 1.75 bits per heavy atom. The molecule has 7 heteroatoms. The normalized spacial score (nSPS) is 21.3. The van der Waals surface area contributed by atoms with Crippen molar-refractivity contribution < 1.29 is 14.0 Å². The number of hydrogen-bond donors (Lipinski definition) is 1. The molecule has 0 aliphatic carbocycles. The van der Waals surface area contributed by atoms with Gasteiger partial charge in [0, 0.05) is 39.3 Å². The molecule has 0 atom stereocenters. The lowest BCUT2D eigenvalue weighted by atomic mass is 10.1. The summed E-state index contributed by atoms with van der Waals surface area (Å²) in [5.74, 6) is -0.384. The van der Waals surface area contributed by atoms with E-state index >= 15 is 0 Å². The number of halogens is 1. The van der Waals surface area contributed by atoms with Crippen LogP contribution in [-0.4, -0.2) is 66.5 Å². The van der Waals surface area contributed by atoms with Crippen molar-refractivity contribution in [3.8, 4) is 0 Å². The minimum atomic E-state index is -0.819. The second-order valence-electron chi connectivity index (χ2n) is 6.79. The summed E-state index contributed by atoms with van der Waals surface area (Å²) in [7, 11) is 0. The third-order valence-corrected chi connectivity index (χ3v) is 4.65. The van der Waals surface area contributed by atoms with E-state index in [0.717, 1.165) is 26.2 Å². The van der Waals surface area contributed by atoms with Gasteiger partial charge in [-0.05, 0) is 26.0 Å². The first-order valence-electron chi connectivity index (χ1n) is 8.24. The molecule has 2 aliphatic heterocycles. The summed E-state index contributed by atoms with van der Waals surface area (Å²) < 4.78 is 13.8. The van der Waals surface area contributed by atoms with E-state index in [0.29, 0.717) is 18.8 Å². The topological polar surface area (TPSA) is 55.9 Å². The lowest BCUT2D eigenvalue weighted by Gasteiger charge is -2.36. The maximum Gasteiger partial charge on any atom is 0.325 e. The highest BCUT2D eigenvalue weighted by atomic mass is 19.1. The van der Waals surface area contributed by atoms with Gasteiger partial charge in [0.1, 0.15) is 11.4 Å². The van der Waals surface area contributed by atoms with Crippen molar-refractivity contribution in [2.75, 3.05) is 44.2 Å². The Balaban J connectivity index is 1.51. The summed E-state index contributed by atoms with van der Waals surface area (Å²) in [6.45, 7) is 7.46. The molecule has 1 aromatic rings. The smallest absolute Gasteiger partial charge is 0.325 e. The lowest BCUT2D eigenvalue weighted by Crippen LogP contribution is -2.49. The standard InChI is InChI=1S/C17H23FN4O2/c1-17(2)15(23)22(16(24)19-17)12-9-20-7-10-21(11-8-20)14-6-4-3-5-13(14)18/h3-6H,7-12H2,1-2H3,(H,19,24). The second kappa shape index (κ2) is 6.39. The molecule has 130 valence electrons. The number of urea groups is 1. The van der Waals surface area contributed by atoms with Gasteiger partial charge in [-0.25, -0.2) is 9.18 Å². The molecule has 2 saturated heterocycles. The molecule has 0 bridgehead atoms. The lowest BCUT2D eigenvalue weighted by molar-refractivity contribution is -0.130. The number of anilines is 1. The number of benzene rings is 1. The minimum absolute atomic E-state index is 0.183. The zero-order valence-electron chi connectivity index (χ0n) is 14.1. The molecule has 0 spiro atoms. The number of nitrogens with zero attached hydrogens (tertiary/aromatic N) is 3. The number of imide groups is 1. The Kier molecular flexibility index (Phi) is 4.45. The van der Waals surface area contributed by atoms with Crippen LogP contribution in [0.2, 0.25) is 0 Å². The van der Waals surface area contributed by atoms with E-state index in [9.17, 15) is 14.0 Å². The van der Waals surface area contributed by atoms with Crippen LogP contribution in [-0.2, 0) is 4.79 Å². The Bertz CT molecular complexity index is 641. The average Bonchev–Trinajstić information content (AvgIpc) is 2.74. The largest absolute Gasteiger partial charge is 0.367 e. The van der Waals surface area contributed by atoms with Gasteiger partial charge in [0.05, 0.1) is 5.69 Å². The van der Waals surface area contributed by atoms with Crippen molar-refractivity contribution in [3.05, 3.63) is 30.1 Å². The number of carbonyl (C=O) groups excluding carboxylic acids is 2. The first-order chi connectivity index (χ1) is 11.4. The van der Waals surface area contributed by atoms with E-state index in [-0.39, 0.29) is 17.8 Å². The fourth-order valence-corrected chi connectivity index (χ4v) is 3.18. The molecular weight excluding hydrogens is 311 g/mol. The van der Waals surface area contributed by atoms with Crippen LogP contribution in [0, 0.1) is 5.82 Å². The molecule has 6 nitrogen and oxygen atoms in total. The summed E-state index contributed by atoms with van der Waals surface area (Å²) in [5, 5.41) is 2.68. The van der Waals surface area contributed by atoms with E-state index in [1.165, 1.54) is 11.0 Å². The third-order valence-electron chi connectivity index (χ3n) is 4.65. The van der Waals surface area contributed by atoms with Gasteiger partial charge in [0.15, 0.2) is 0 Å². The highest BCUT2D eigenvalue weighted by Gasteiger charge is 2.44. The molecule has 2 heterocycles. The molecule has 2 aliphatic rings. The number of piperazine rings is 1. The molecule has 2 fully saturated rings. The molecule has 3 rings (SSSR count). The van der Waals surface area contributed by atoms with Crippen molar-refractivity contribution >= 4 is 17.6 Å². The zero-order chi connectivity index (χ0) is 17.3. The van der Waals surface area contributed by atoms with E-state index in [4.69, 9.17) is 0 Å². The van der Waals surface area contributed by atoms with Crippen LogP contribution in [0.4, 0.5) is 14.9 Å². The predicted octanol–water partition coefficient (Wildman–Crippen LogP) is 1.28. The van der Waals surface area contributed by atoms with Crippen LogP contribution in [0.25, 0.3) is 0 Å². The van der Waals surface area contributed by atoms with Gasteiger partial charge in [-0.2, -0.15) is 0 Å². The molecular formula is C17H23FN4O2. The Hall–Kier alpha value is -2.15. The van der Waals surface area contributed by atoms with Gasteiger partial charge in [0.2, 0.25) is 0 Å². The van der Waals surface area contributed by atoms with Crippen molar-refractivity contribution in [1.29, 1.82) is 0 Å². The summed E-state index contributed by atoms with van der Waals surface area (Å²) in [6.07, 6.45) is 0. The van der Waals surface area contributed by atoms with Crippen molar-refractivity contribution in [2.24, 2.45) is 0 Å². The third kappa shape index (κ3) is 3.21. The van der Waals surface area contributed by atoms with E-state index < -0.39 is 5.54 Å². The van der Waals surface area contributed by atoms with E-state index in [1.54, 1.807) is 26.0 Å². The molecule has 1 N–H and O–H groups in total. The quantitative estimate of drug-likeness (QED) is 0.843. The number of rotatable bonds is 4. The van der Waals surface area contributed by atoms with Crippen LogP contribution in [0.5, 0.6) is 0 Å². The van der Waals surface area contributed by atoms with Gasteiger partial charge in [-0.3, -0.25) is 14.6 Å². The molecule has 3 amide bonds. The molecule has 24 heavy (non-hydrogen) atoms. The molecule has 0 unspecified atom stereocenters. The first kappa shape index (κ1) is 16.7. The zero-order valence-corrected chi connectivity index (χ0v) is 14.1. The second-order valence-corrected chi connectivity index (χ2v) is 6.79. The van der Waals surface area contributed by atoms with Gasteiger partial charge in [-0.1, -0.05) is 12.1 Å². The maximum absolute atomic E-state index is 13.8. The summed E-state index contributed by atoms with van der Waals surface area (Å²) in [6, 6.07) is 6.47. The Labute approximate surface area is 141 Å². The highest BCUT2D eigenvalue weighted by molar-refractivity contribution is 6.06. The SMILES string of the molecule is CC1(C)NC(=O)N(CCN2CCN(c3ccccc3F)CC2)C1=O. The maximum atomic E-state index is 13.8. The number of hydrogen-bond acceptors (Lipinski definition) is 4. The number of carbonyl (C=O) groups is 2. The molecule has 1 aromatic carbocycles. The Morgan fingerprint density at radius 1 is 1.08 bits per heavy atom. The molecule has 0 saturated carbocycles. The fraction of sp³-hybridized carbons (Fsp3) is 0.529. The average molecular weight is 334 g/mol. The first-order valence-corrected chi connectivity index (χ1v) is 8.24. The monoisotopic (exact) mass is 334 g/mol. The van der Waals surface area contributed by atoms with Gasteiger partial charge >= 0.3 is 6.03 Å². The van der Waals surface area contributed by atoms with Crippen LogP contribution in [0.1, 0.15) is 13.8 Å². The van der Waals surface area contributed by atoms with Crippen molar-refractivity contribution in [1.82, 2.24) is 15.1 Å². The van der Waals surface area contributed by atoms with Crippen LogP contribution in [0.3, 0.4) is 0 Å². The van der Waals surface area contributed by atoms with E-state index in [1.807, 2.05) is 11.0 Å². The number of para-hydroxylation sites is 1. The van der Waals surface area contributed by atoms with Crippen LogP contribution >= 0.6 is 0 Å². The van der Waals surface area contributed by atoms with Crippen molar-refractivity contribution in [3.63, 3.8) is 0 Å². The molecule has 0 aromatic heterocycles. The number of nitrogens with one attached hydrogen (secondary N) is 1. The van der Waals surface area contributed by atoms with Gasteiger partial charge in [0.25, 0.3) is 5.91 Å². The predicted molar refractivity (Wildman–Crippen MR) is 89.4 cm³/mol. The van der Waals surface area contributed by atoms with Crippen molar-refractivity contribution in [2.45, 2.75) is 19.4 Å². The molecule has 0 radical (unpaired) electrons. The Morgan fingerprint density at radius 3 is 2.33 bits per heavy atom. The van der Waals surface area contributed by atoms with E-state index in [2.05, 4.69) is 10.2 Å². The van der Waals surface area contributed by atoms with Crippen LogP contribution < -0.4 is 10.2 Å². The van der Waals surface area contributed by atoms with Gasteiger partial charge in [-0.15, -0.1) is 0 Å². The highest BCUT2D eigenvalue weighted by Crippen LogP contribution is 2.20. The number of amides is 3.